The zero-order valence-corrected chi connectivity index (χ0v) is 16.3. The zero-order chi connectivity index (χ0) is 18.6. The Labute approximate surface area is 158 Å². The van der Waals surface area contributed by atoms with E-state index in [0.29, 0.717) is 0 Å². The summed E-state index contributed by atoms with van der Waals surface area (Å²) in [5.41, 5.74) is 3.58. The van der Waals surface area contributed by atoms with Gasteiger partial charge < -0.3 is 9.64 Å². The normalized spacial score (nSPS) is 11.3. The van der Waals surface area contributed by atoms with E-state index in [1.807, 2.05) is 6.07 Å². The highest BCUT2D eigenvalue weighted by molar-refractivity contribution is 5.66. The van der Waals surface area contributed by atoms with Gasteiger partial charge >= 0.3 is 0 Å². The van der Waals surface area contributed by atoms with Crippen molar-refractivity contribution >= 4 is 17.8 Å². The Balaban J connectivity index is 2.14. The van der Waals surface area contributed by atoms with E-state index in [1.165, 1.54) is 16.8 Å². The van der Waals surface area contributed by atoms with Crippen LogP contribution in [0.25, 0.3) is 12.2 Å². The van der Waals surface area contributed by atoms with Crippen molar-refractivity contribution in [2.24, 2.45) is 0 Å². The lowest BCUT2D eigenvalue weighted by Gasteiger charge is -2.24. The third-order valence-electron chi connectivity index (χ3n) is 4.33. The second-order valence-electron chi connectivity index (χ2n) is 6.23. The number of nitrogens with zero attached hydrogens (tertiary/aromatic N) is 1. The highest BCUT2D eigenvalue weighted by atomic mass is 16.5. The molecule has 2 aromatic rings. The molecule has 0 unspecified atom stereocenters. The Morgan fingerprint density at radius 2 is 1.54 bits per heavy atom. The fraction of sp³-hybridized carbons (Fsp3) is 0.333. The van der Waals surface area contributed by atoms with Gasteiger partial charge in [0.15, 0.2) is 0 Å². The first-order valence-electron chi connectivity index (χ1n) is 9.70. The molecule has 0 aliphatic heterocycles. The van der Waals surface area contributed by atoms with Crippen LogP contribution in [0.15, 0.2) is 60.7 Å². The minimum atomic E-state index is 0.778. The van der Waals surface area contributed by atoms with E-state index in [2.05, 4.69) is 92.4 Å². The van der Waals surface area contributed by atoms with Crippen LogP contribution in [-0.4, -0.2) is 19.7 Å². The molecule has 0 saturated carbocycles. The smallest absolute Gasteiger partial charge is 0.142 e. The monoisotopic (exact) mass is 349 g/mol. The molecule has 0 fully saturated rings. The maximum atomic E-state index is 6.02. The predicted octanol–water partition coefficient (Wildman–Crippen LogP) is 6.44. The Kier molecular flexibility index (Phi) is 8.54. The van der Waals surface area contributed by atoms with Crippen LogP contribution in [0.3, 0.4) is 0 Å². The molecule has 138 valence electrons. The molecule has 0 saturated heterocycles. The minimum Gasteiger partial charge on any atom is -0.491 e. The molecular formula is C24H31NO. The van der Waals surface area contributed by atoms with Gasteiger partial charge in [0.25, 0.3) is 0 Å². The van der Waals surface area contributed by atoms with Crippen molar-refractivity contribution < 1.29 is 4.74 Å². The molecule has 0 aliphatic carbocycles. The number of anilines is 1. The van der Waals surface area contributed by atoms with Gasteiger partial charge in [-0.3, -0.25) is 0 Å². The van der Waals surface area contributed by atoms with E-state index in [1.54, 1.807) is 0 Å². The molecule has 0 atom stereocenters. The Morgan fingerprint density at radius 1 is 0.846 bits per heavy atom. The number of allylic oxidation sites excluding steroid dienone is 2. The Bertz CT molecular complexity index is 699. The number of rotatable bonds is 10. The van der Waals surface area contributed by atoms with Gasteiger partial charge in [-0.25, -0.2) is 0 Å². The standard InChI is InChI=1S/C24H31NO/c1-4-7-19-26-24-18-17-22(20-23(24)25(5-2)6-3)16-12-11-15-21-13-9-8-10-14-21/h8-18,20H,4-7,19H2,1-3H3. The average Bonchev–Trinajstić information content (AvgIpc) is 2.68. The first kappa shape index (κ1) is 19.8. The van der Waals surface area contributed by atoms with Crippen LogP contribution in [0, 0.1) is 0 Å². The zero-order valence-electron chi connectivity index (χ0n) is 16.3. The molecule has 0 radical (unpaired) electrons. The summed E-state index contributed by atoms with van der Waals surface area (Å²) in [6.45, 7) is 9.28. The molecule has 2 rings (SSSR count). The van der Waals surface area contributed by atoms with Crippen LogP contribution >= 0.6 is 0 Å². The topological polar surface area (TPSA) is 12.5 Å². The second kappa shape index (κ2) is 11.2. The third-order valence-corrected chi connectivity index (χ3v) is 4.33. The van der Waals surface area contributed by atoms with Crippen LogP contribution in [0.5, 0.6) is 5.75 Å². The molecule has 0 aromatic heterocycles. The van der Waals surface area contributed by atoms with E-state index < -0.39 is 0 Å². The Morgan fingerprint density at radius 3 is 2.19 bits per heavy atom. The lowest BCUT2D eigenvalue weighted by atomic mass is 10.1. The second-order valence-corrected chi connectivity index (χ2v) is 6.23. The molecule has 2 heteroatoms. The fourth-order valence-corrected chi connectivity index (χ4v) is 2.80. The number of unbranched alkanes of at least 4 members (excludes halogenated alkanes) is 1. The number of hydrogen-bond acceptors (Lipinski definition) is 2. The predicted molar refractivity (Wildman–Crippen MR) is 115 cm³/mol. The van der Waals surface area contributed by atoms with Crippen LogP contribution in [-0.2, 0) is 0 Å². The Hall–Kier alpha value is -2.48. The molecular weight excluding hydrogens is 318 g/mol. The molecule has 2 aromatic carbocycles. The minimum absolute atomic E-state index is 0.778. The molecule has 2 nitrogen and oxygen atoms in total. The number of benzene rings is 2. The van der Waals surface area contributed by atoms with Crippen LogP contribution in [0.2, 0.25) is 0 Å². The average molecular weight is 350 g/mol. The molecule has 0 spiro atoms. The SMILES string of the molecule is CCCCOc1ccc(C=CC=Cc2ccccc2)cc1N(CC)CC. The van der Waals surface area contributed by atoms with Gasteiger partial charge in [0.05, 0.1) is 12.3 Å². The number of ether oxygens (including phenoxy) is 1. The third kappa shape index (κ3) is 6.11. The van der Waals surface area contributed by atoms with Gasteiger partial charge in [-0.15, -0.1) is 0 Å². The van der Waals surface area contributed by atoms with E-state index in [4.69, 9.17) is 4.74 Å². The maximum Gasteiger partial charge on any atom is 0.142 e. The van der Waals surface area contributed by atoms with Crippen molar-refractivity contribution in [3.8, 4) is 5.75 Å². The van der Waals surface area contributed by atoms with Gasteiger partial charge in [-0.2, -0.15) is 0 Å². The van der Waals surface area contributed by atoms with Crippen molar-refractivity contribution in [3.05, 3.63) is 71.8 Å². The van der Waals surface area contributed by atoms with Crippen molar-refractivity contribution in [1.29, 1.82) is 0 Å². The van der Waals surface area contributed by atoms with E-state index in [9.17, 15) is 0 Å². The van der Waals surface area contributed by atoms with E-state index in [-0.39, 0.29) is 0 Å². The molecule has 26 heavy (non-hydrogen) atoms. The van der Waals surface area contributed by atoms with Crippen molar-refractivity contribution in [3.63, 3.8) is 0 Å². The van der Waals surface area contributed by atoms with E-state index >= 15 is 0 Å². The first-order chi connectivity index (χ1) is 12.8. The fourth-order valence-electron chi connectivity index (χ4n) is 2.80. The van der Waals surface area contributed by atoms with Gasteiger partial charge in [0.2, 0.25) is 0 Å². The van der Waals surface area contributed by atoms with Gasteiger partial charge in [-0.05, 0) is 43.5 Å². The molecule has 0 amide bonds. The van der Waals surface area contributed by atoms with Gasteiger partial charge in [0.1, 0.15) is 5.75 Å². The molecule has 0 heterocycles. The molecule has 0 aliphatic rings. The van der Waals surface area contributed by atoms with Gasteiger partial charge in [0, 0.05) is 13.1 Å². The summed E-state index contributed by atoms with van der Waals surface area (Å²) in [4.78, 5) is 2.35. The van der Waals surface area contributed by atoms with Crippen LogP contribution < -0.4 is 9.64 Å². The molecule has 0 N–H and O–H groups in total. The van der Waals surface area contributed by atoms with Crippen molar-refractivity contribution in [2.75, 3.05) is 24.6 Å². The highest BCUT2D eigenvalue weighted by Crippen LogP contribution is 2.30. The summed E-state index contributed by atoms with van der Waals surface area (Å²) in [6.07, 6.45) is 10.7. The summed E-state index contributed by atoms with van der Waals surface area (Å²) in [6, 6.07) is 16.8. The van der Waals surface area contributed by atoms with Crippen LogP contribution in [0.4, 0.5) is 5.69 Å². The molecule has 0 bridgehead atoms. The lowest BCUT2D eigenvalue weighted by molar-refractivity contribution is 0.309. The van der Waals surface area contributed by atoms with Crippen molar-refractivity contribution in [2.45, 2.75) is 33.6 Å². The summed E-state index contributed by atoms with van der Waals surface area (Å²) in [5.74, 6) is 0.985. The first-order valence-corrected chi connectivity index (χ1v) is 9.70. The van der Waals surface area contributed by atoms with Gasteiger partial charge in [-0.1, -0.05) is 74.0 Å². The lowest BCUT2D eigenvalue weighted by Crippen LogP contribution is -2.22. The maximum absolute atomic E-state index is 6.02. The quantitative estimate of drug-likeness (QED) is 0.361. The summed E-state index contributed by atoms with van der Waals surface area (Å²) < 4.78 is 6.02. The van der Waals surface area contributed by atoms with Crippen LogP contribution in [0.1, 0.15) is 44.7 Å². The highest BCUT2D eigenvalue weighted by Gasteiger charge is 2.10. The summed E-state index contributed by atoms with van der Waals surface area (Å²) in [7, 11) is 0. The summed E-state index contributed by atoms with van der Waals surface area (Å²) >= 11 is 0. The largest absolute Gasteiger partial charge is 0.491 e. The van der Waals surface area contributed by atoms with Crippen molar-refractivity contribution in [1.82, 2.24) is 0 Å². The van der Waals surface area contributed by atoms with E-state index in [0.717, 1.165) is 38.3 Å². The number of hydrogen-bond donors (Lipinski definition) is 0. The summed E-state index contributed by atoms with van der Waals surface area (Å²) in [5, 5.41) is 0.